The summed E-state index contributed by atoms with van der Waals surface area (Å²) in [6, 6.07) is 9.80. The van der Waals surface area contributed by atoms with Crippen LogP contribution in [-0.2, 0) is 6.54 Å². The summed E-state index contributed by atoms with van der Waals surface area (Å²) in [7, 11) is 0. The summed E-state index contributed by atoms with van der Waals surface area (Å²) in [5, 5.41) is 7.57. The van der Waals surface area contributed by atoms with Gasteiger partial charge in [-0.3, -0.25) is 0 Å². The molecule has 1 heterocycles. The quantitative estimate of drug-likeness (QED) is 0.611. The number of pyridine rings is 1. The summed E-state index contributed by atoms with van der Waals surface area (Å²) in [5.74, 6) is 1.28. The highest BCUT2D eigenvalue weighted by Gasteiger charge is 2.13. The van der Waals surface area contributed by atoms with E-state index in [4.69, 9.17) is 11.6 Å². The van der Waals surface area contributed by atoms with Crippen LogP contribution < -0.4 is 10.6 Å². The molecule has 0 atom stereocenters. The lowest BCUT2D eigenvalue weighted by Crippen LogP contribution is -2.35. The first-order chi connectivity index (χ1) is 10.7. The highest BCUT2D eigenvalue weighted by molar-refractivity contribution is 6.30. The maximum atomic E-state index is 6.03. The fourth-order valence-corrected chi connectivity index (χ4v) is 2.52. The molecule has 3 nitrogen and oxygen atoms in total. The minimum atomic E-state index is 0. The summed E-state index contributed by atoms with van der Waals surface area (Å²) >= 11 is 6.03. The molecule has 0 radical (unpaired) electrons. The fourth-order valence-electron chi connectivity index (χ4n) is 2.33. The van der Waals surface area contributed by atoms with E-state index < -0.39 is 0 Å². The number of hydrogen-bond donors (Lipinski definition) is 2. The maximum Gasteiger partial charge on any atom is 0.130 e. The van der Waals surface area contributed by atoms with Crippen LogP contribution in [0.2, 0.25) is 5.02 Å². The minimum absolute atomic E-state index is 0. The van der Waals surface area contributed by atoms with Crippen molar-refractivity contribution in [2.75, 3.05) is 5.32 Å². The number of nitrogens with one attached hydrogen (secondary N) is 2. The Labute approximate surface area is 168 Å². The lowest BCUT2D eigenvalue weighted by molar-refractivity contribution is 0.422. The molecule has 0 aliphatic rings. The molecule has 1 aromatic heterocycles. The predicted octanol–water partition coefficient (Wildman–Crippen LogP) is 6.33. The molecule has 0 aliphatic carbocycles. The van der Waals surface area contributed by atoms with Crippen molar-refractivity contribution in [2.24, 2.45) is 0 Å². The van der Waals surface area contributed by atoms with Crippen molar-refractivity contribution >= 4 is 47.9 Å². The number of aromatic nitrogens is 1. The maximum absolute atomic E-state index is 6.03. The van der Waals surface area contributed by atoms with E-state index in [0.717, 1.165) is 18.1 Å². The number of hydrogen-bond acceptors (Lipinski definition) is 3. The van der Waals surface area contributed by atoms with Gasteiger partial charge in [-0.25, -0.2) is 4.98 Å². The molecular formula is C19H28Cl3N3. The molecule has 140 valence electrons. The zero-order chi connectivity index (χ0) is 17.0. The van der Waals surface area contributed by atoms with E-state index >= 15 is 0 Å². The van der Waals surface area contributed by atoms with E-state index in [1.807, 2.05) is 30.5 Å². The molecule has 0 amide bonds. The molecule has 1 aromatic carbocycles. The minimum Gasteiger partial charge on any atom is -0.340 e. The SMILES string of the molecule is CC(C)c1cc(Nc2cccc(Cl)c2)ncc1CNC(C)(C)C.Cl.Cl. The average Bonchev–Trinajstić information content (AvgIpc) is 2.45. The lowest BCUT2D eigenvalue weighted by atomic mass is 9.98. The van der Waals surface area contributed by atoms with Gasteiger partial charge in [0.1, 0.15) is 5.82 Å². The molecule has 25 heavy (non-hydrogen) atoms. The van der Waals surface area contributed by atoms with Crippen molar-refractivity contribution in [3.8, 4) is 0 Å². The predicted molar refractivity (Wildman–Crippen MR) is 114 cm³/mol. The number of anilines is 2. The van der Waals surface area contributed by atoms with Crippen molar-refractivity contribution in [1.29, 1.82) is 0 Å². The number of benzene rings is 1. The van der Waals surface area contributed by atoms with Crippen molar-refractivity contribution in [3.63, 3.8) is 0 Å². The molecule has 0 bridgehead atoms. The smallest absolute Gasteiger partial charge is 0.130 e. The highest BCUT2D eigenvalue weighted by Crippen LogP contribution is 2.25. The monoisotopic (exact) mass is 403 g/mol. The van der Waals surface area contributed by atoms with Gasteiger partial charge in [-0.2, -0.15) is 0 Å². The van der Waals surface area contributed by atoms with Crippen molar-refractivity contribution in [1.82, 2.24) is 10.3 Å². The fraction of sp³-hybridized carbons (Fsp3) is 0.421. The first kappa shape index (κ1) is 24.0. The molecular weight excluding hydrogens is 377 g/mol. The molecule has 0 aliphatic heterocycles. The lowest BCUT2D eigenvalue weighted by Gasteiger charge is -2.22. The molecule has 0 saturated carbocycles. The Morgan fingerprint density at radius 3 is 2.36 bits per heavy atom. The van der Waals surface area contributed by atoms with Gasteiger partial charge in [0.2, 0.25) is 0 Å². The molecule has 2 N–H and O–H groups in total. The average molecular weight is 405 g/mol. The summed E-state index contributed by atoms with van der Waals surface area (Å²) in [6.45, 7) is 11.7. The molecule has 0 fully saturated rings. The van der Waals surface area contributed by atoms with Crippen LogP contribution in [-0.4, -0.2) is 10.5 Å². The first-order valence-corrected chi connectivity index (χ1v) is 8.39. The molecule has 2 aromatic rings. The Balaban J connectivity index is 0.00000288. The van der Waals surface area contributed by atoms with Crippen LogP contribution in [0.4, 0.5) is 11.5 Å². The number of halogens is 3. The second kappa shape index (κ2) is 10.2. The molecule has 0 unspecified atom stereocenters. The van der Waals surface area contributed by atoms with E-state index in [1.54, 1.807) is 0 Å². The number of rotatable bonds is 5. The first-order valence-electron chi connectivity index (χ1n) is 8.01. The van der Waals surface area contributed by atoms with E-state index in [2.05, 4.69) is 56.3 Å². The molecule has 0 saturated heterocycles. The van der Waals surface area contributed by atoms with Gasteiger partial charge in [0.15, 0.2) is 0 Å². The van der Waals surface area contributed by atoms with Gasteiger partial charge < -0.3 is 10.6 Å². The van der Waals surface area contributed by atoms with Crippen molar-refractivity contribution in [3.05, 3.63) is 52.7 Å². The van der Waals surface area contributed by atoms with E-state index in [-0.39, 0.29) is 30.4 Å². The van der Waals surface area contributed by atoms with Gasteiger partial charge >= 0.3 is 0 Å². The van der Waals surface area contributed by atoms with Crippen LogP contribution in [0, 0.1) is 0 Å². The van der Waals surface area contributed by atoms with Crippen LogP contribution in [0.1, 0.15) is 51.7 Å². The zero-order valence-corrected chi connectivity index (χ0v) is 17.8. The van der Waals surface area contributed by atoms with Gasteiger partial charge in [0.05, 0.1) is 0 Å². The van der Waals surface area contributed by atoms with Gasteiger partial charge in [-0.05, 0) is 62.1 Å². The second-order valence-electron chi connectivity index (χ2n) is 7.16. The highest BCUT2D eigenvalue weighted by atomic mass is 35.5. The van der Waals surface area contributed by atoms with Crippen LogP contribution in [0.3, 0.4) is 0 Å². The van der Waals surface area contributed by atoms with E-state index in [0.29, 0.717) is 10.9 Å². The molecule has 6 heteroatoms. The van der Waals surface area contributed by atoms with Crippen LogP contribution in [0.25, 0.3) is 0 Å². The summed E-state index contributed by atoms with van der Waals surface area (Å²) in [4.78, 5) is 4.55. The van der Waals surface area contributed by atoms with Gasteiger partial charge in [-0.15, -0.1) is 24.8 Å². The third kappa shape index (κ3) is 7.83. The third-order valence-electron chi connectivity index (χ3n) is 3.55. The van der Waals surface area contributed by atoms with Gasteiger partial charge in [-0.1, -0.05) is 31.5 Å². The van der Waals surface area contributed by atoms with E-state index in [1.165, 1.54) is 11.1 Å². The summed E-state index contributed by atoms with van der Waals surface area (Å²) in [5.41, 5.74) is 3.58. The zero-order valence-electron chi connectivity index (χ0n) is 15.4. The Morgan fingerprint density at radius 1 is 1.12 bits per heavy atom. The van der Waals surface area contributed by atoms with Crippen molar-refractivity contribution < 1.29 is 0 Å². The Bertz CT molecular complexity index is 667. The molecule has 2 rings (SSSR count). The Hall–Kier alpha value is -1.00. The standard InChI is InChI=1S/C19H26ClN3.2ClH/c1-13(2)17-10-18(23-16-8-6-7-15(20)9-16)21-11-14(17)12-22-19(3,4)5;;/h6-11,13,22H,12H2,1-5H3,(H,21,23);2*1H. The largest absolute Gasteiger partial charge is 0.340 e. The Kier molecular flexibility index (Phi) is 9.81. The van der Waals surface area contributed by atoms with Crippen LogP contribution in [0.5, 0.6) is 0 Å². The second-order valence-corrected chi connectivity index (χ2v) is 7.60. The van der Waals surface area contributed by atoms with Crippen LogP contribution in [0.15, 0.2) is 36.5 Å². The van der Waals surface area contributed by atoms with Gasteiger partial charge in [0.25, 0.3) is 0 Å². The summed E-state index contributed by atoms with van der Waals surface area (Å²) in [6.07, 6.45) is 1.96. The van der Waals surface area contributed by atoms with Crippen LogP contribution >= 0.6 is 36.4 Å². The van der Waals surface area contributed by atoms with E-state index in [9.17, 15) is 0 Å². The van der Waals surface area contributed by atoms with Crippen molar-refractivity contribution in [2.45, 2.75) is 52.6 Å². The number of nitrogens with zero attached hydrogens (tertiary/aromatic N) is 1. The normalized spacial score (nSPS) is 10.8. The third-order valence-corrected chi connectivity index (χ3v) is 3.79. The topological polar surface area (TPSA) is 37.0 Å². The molecule has 0 spiro atoms. The summed E-state index contributed by atoms with van der Waals surface area (Å²) < 4.78 is 0. The Morgan fingerprint density at radius 2 is 1.80 bits per heavy atom. The van der Waals surface area contributed by atoms with Gasteiger partial charge in [0, 0.05) is 29.0 Å².